The minimum absolute atomic E-state index is 0.767. The first-order valence-corrected chi connectivity index (χ1v) is 5.35. The Morgan fingerprint density at radius 3 is 2.50 bits per heavy atom. The summed E-state index contributed by atoms with van der Waals surface area (Å²) < 4.78 is 12.9. The van der Waals surface area contributed by atoms with Gasteiger partial charge in [0.05, 0.1) is 19.6 Å². The van der Waals surface area contributed by atoms with Crippen LogP contribution in [-0.4, -0.2) is 14.2 Å². The van der Waals surface area contributed by atoms with E-state index in [4.69, 9.17) is 9.47 Å². The largest absolute Gasteiger partial charge is 0.488 e. The Labute approximate surface area is 95.2 Å². The van der Waals surface area contributed by atoms with Crippen LogP contribution in [-0.2, 0) is 6.54 Å². The monoisotopic (exact) mass is 218 g/mol. The van der Waals surface area contributed by atoms with Gasteiger partial charge in [-0.3, -0.25) is 0 Å². The maximum Gasteiger partial charge on any atom is 0.411 e. The summed E-state index contributed by atoms with van der Waals surface area (Å²) in [6.07, 6.45) is 0. The zero-order valence-corrected chi connectivity index (χ0v) is 9.86. The van der Waals surface area contributed by atoms with Gasteiger partial charge in [0.15, 0.2) is 0 Å². The standard InChI is InChI=1S/C13H16NO2/c1-4-14-11-8-6-5-7-10(11)9-12(15-2)13(14)16-3/h5-9H,4H2,1-3H3/q+1. The molecule has 3 heteroatoms. The molecular weight excluding hydrogens is 202 g/mol. The smallest absolute Gasteiger partial charge is 0.411 e. The Hall–Kier alpha value is -1.77. The van der Waals surface area contributed by atoms with Crippen molar-refractivity contribution < 1.29 is 14.0 Å². The van der Waals surface area contributed by atoms with Crippen molar-refractivity contribution in [2.24, 2.45) is 0 Å². The third-order valence-corrected chi connectivity index (χ3v) is 2.70. The molecule has 0 saturated carbocycles. The van der Waals surface area contributed by atoms with E-state index in [1.165, 1.54) is 0 Å². The van der Waals surface area contributed by atoms with Gasteiger partial charge in [-0.15, -0.1) is 0 Å². The van der Waals surface area contributed by atoms with Gasteiger partial charge in [-0.1, -0.05) is 12.1 Å². The molecule has 1 aromatic carbocycles. The third kappa shape index (κ3) is 1.58. The molecule has 0 radical (unpaired) electrons. The van der Waals surface area contributed by atoms with Gasteiger partial charge >= 0.3 is 5.88 Å². The molecule has 0 amide bonds. The maximum atomic E-state index is 5.40. The SMILES string of the molecule is CC[n+]1c(OC)c(OC)cc2ccccc21. The second kappa shape index (κ2) is 4.39. The van der Waals surface area contributed by atoms with E-state index < -0.39 is 0 Å². The molecule has 0 aliphatic rings. The van der Waals surface area contributed by atoms with Gasteiger partial charge in [-0.05, 0) is 13.0 Å². The summed E-state index contributed by atoms with van der Waals surface area (Å²) >= 11 is 0. The third-order valence-electron chi connectivity index (χ3n) is 2.70. The average molecular weight is 218 g/mol. The number of hydrogen-bond acceptors (Lipinski definition) is 2. The molecule has 0 N–H and O–H groups in total. The van der Waals surface area contributed by atoms with Gasteiger partial charge in [0.1, 0.15) is 6.54 Å². The van der Waals surface area contributed by atoms with Crippen molar-refractivity contribution in [1.29, 1.82) is 0 Å². The predicted molar refractivity (Wildman–Crippen MR) is 62.9 cm³/mol. The van der Waals surface area contributed by atoms with Gasteiger partial charge in [0.25, 0.3) is 0 Å². The van der Waals surface area contributed by atoms with Crippen LogP contribution < -0.4 is 14.0 Å². The highest BCUT2D eigenvalue weighted by atomic mass is 16.5. The summed E-state index contributed by atoms with van der Waals surface area (Å²) in [7, 11) is 3.32. The number of nitrogens with zero attached hydrogens (tertiary/aromatic N) is 1. The first-order valence-electron chi connectivity index (χ1n) is 5.35. The first-order chi connectivity index (χ1) is 7.81. The molecular formula is C13H16NO2+. The molecule has 3 nitrogen and oxygen atoms in total. The van der Waals surface area contributed by atoms with Crippen molar-refractivity contribution in [1.82, 2.24) is 0 Å². The lowest BCUT2D eigenvalue weighted by Gasteiger charge is -2.08. The van der Waals surface area contributed by atoms with E-state index in [2.05, 4.69) is 23.6 Å². The number of methoxy groups -OCH3 is 2. The van der Waals surface area contributed by atoms with E-state index in [1.807, 2.05) is 18.2 Å². The van der Waals surface area contributed by atoms with E-state index in [-0.39, 0.29) is 0 Å². The number of fused-ring (bicyclic) bond motifs is 1. The molecule has 2 rings (SSSR count). The number of aryl methyl sites for hydroxylation is 1. The van der Waals surface area contributed by atoms with Crippen molar-refractivity contribution in [3.63, 3.8) is 0 Å². The van der Waals surface area contributed by atoms with Crippen LogP contribution >= 0.6 is 0 Å². The van der Waals surface area contributed by atoms with Crippen LogP contribution in [0.2, 0.25) is 0 Å². The Kier molecular flexibility index (Phi) is 2.95. The number of hydrogen-bond donors (Lipinski definition) is 0. The highest BCUT2D eigenvalue weighted by molar-refractivity contribution is 5.77. The Balaban J connectivity index is 2.82. The summed E-state index contributed by atoms with van der Waals surface area (Å²) in [5.41, 5.74) is 1.16. The average Bonchev–Trinajstić information content (AvgIpc) is 2.36. The minimum Gasteiger partial charge on any atom is -0.488 e. The summed E-state index contributed by atoms with van der Waals surface area (Å²) in [5.74, 6) is 1.53. The molecule has 84 valence electrons. The van der Waals surface area contributed by atoms with Crippen molar-refractivity contribution in [3.8, 4) is 11.6 Å². The molecule has 0 unspecified atom stereocenters. The lowest BCUT2D eigenvalue weighted by Crippen LogP contribution is -2.35. The van der Waals surface area contributed by atoms with Gasteiger partial charge in [-0.25, -0.2) is 0 Å². The maximum absolute atomic E-state index is 5.40. The minimum atomic E-state index is 0.767. The van der Waals surface area contributed by atoms with Gasteiger partial charge in [0, 0.05) is 12.1 Å². The van der Waals surface area contributed by atoms with E-state index in [0.717, 1.165) is 29.1 Å². The van der Waals surface area contributed by atoms with Gasteiger partial charge < -0.3 is 9.47 Å². The summed E-state index contributed by atoms with van der Waals surface area (Å²) in [6, 6.07) is 10.2. The fourth-order valence-corrected chi connectivity index (χ4v) is 1.97. The van der Waals surface area contributed by atoms with Gasteiger partial charge in [-0.2, -0.15) is 4.57 Å². The van der Waals surface area contributed by atoms with Crippen LogP contribution in [0.3, 0.4) is 0 Å². The fourth-order valence-electron chi connectivity index (χ4n) is 1.97. The molecule has 1 heterocycles. The highest BCUT2D eigenvalue weighted by Gasteiger charge is 2.20. The quantitative estimate of drug-likeness (QED) is 0.737. The highest BCUT2D eigenvalue weighted by Crippen LogP contribution is 2.26. The Morgan fingerprint density at radius 2 is 1.88 bits per heavy atom. The van der Waals surface area contributed by atoms with Crippen molar-refractivity contribution in [2.75, 3.05) is 14.2 Å². The number of aromatic nitrogens is 1. The first kappa shape index (κ1) is 10.7. The van der Waals surface area contributed by atoms with Crippen molar-refractivity contribution in [3.05, 3.63) is 30.3 Å². The van der Waals surface area contributed by atoms with Crippen LogP contribution in [0.5, 0.6) is 11.6 Å². The summed E-state index contributed by atoms with van der Waals surface area (Å²) in [6.45, 7) is 2.94. The number of rotatable bonds is 3. The Morgan fingerprint density at radius 1 is 1.12 bits per heavy atom. The normalized spacial score (nSPS) is 10.4. The van der Waals surface area contributed by atoms with Crippen LogP contribution in [0.15, 0.2) is 30.3 Å². The molecule has 0 fully saturated rings. The predicted octanol–water partition coefficient (Wildman–Crippen LogP) is 2.16. The lowest BCUT2D eigenvalue weighted by atomic mass is 10.2. The molecule has 0 spiro atoms. The Bertz CT molecular complexity index is 509. The van der Waals surface area contributed by atoms with Crippen LogP contribution in [0.4, 0.5) is 0 Å². The number of para-hydroxylation sites is 1. The van der Waals surface area contributed by atoms with Crippen LogP contribution in [0.25, 0.3) is 10.9 Å². The van der Waals surface area contributed by atoms with Crippen LogP contribution in [0, 0.1) is 0 Å². The molecule has 0 aliphatic carbocycles. The number of ether oxygens (including phenoxy) is 2. The molecule has 0 bridgehead atoms. The molecule has 0 saturated heterocycles. The number of pyridine rings is 1. The molecule has 0 aliphatic heterocycles. The summed E-state index contributed by atoms with van der Waals surface area (Å²) in [4.78, 5) is 0. The topological polar surface area (TPSA) is 22.3 Å². The fraction of sp³-hybridized carbons (Fsp3) is 0.308. The van der Waals surface area contributed by atoms with E-state index in [1.54, 1.807) is 14.2 Å². The van der Waals surface area contributed by atoms with Crippen LogP contribution in [0.1, 0.15) is 6.92 Å². The van der Waals surface area contributed by atoms with E-state index in [0.29, 0.717) is 0 Å². The molecule has 0 atom stereocenters. The zero-order valence-electron chi connectivity index (χ0n) is 9.86. The zero-order chi connectivity index (χ0) is 11.5. The molecule has 16 heavy (non-hydrogen) atoms. The molecule has 1 aromatic heterocycles. The lowest BCUT2D eigenvalue weighted by molar-refractivity contribution is -0.673. The van der Waals surface area contributed by atoms with Crippen molar-refractivity contribution >= 4 is 10.9 Å². The molecule has 2 aromatic rings. The second-order valence-corrected chi connectivity index (χ2v) is 3.53. The van der Waals surface area contributed by atoms with E-state index in [9.17, 15) is 0 Å². The van der Waals surface area contributed by atoms with Gasteiger partial charge in [0.2, 0.25) is 11.3 Å². The van der Waals surface area contributed by atoms with E-state index >= 15 is 0 Å². The number of benzene rings is 1. The van der Waals surface area contributed by atoms with Crippen molar-refractivity contribution in [2.45, 2.75) is 13.5 Å². The summed E-state index contributed by atoms with van der Waals surface area (Å²) in [5, 5.41) is 1.15. The second-order valence-electron chi connectivity index (χ2n) is 3.53.